The molecular weight excluding hydrogens is 460 g/mol. The first-order valence-corrected chi connectivity index (χ1v) is 13.1. The Kier molecular flexibility index (Phi) is 7.81. The molecule has 2 aromatic heterocycles. The van der Waals surface area contributed by atoms with Crippen LogP contribution < -0.4 is 9.64 Å². The molecule has 4 rings (SSSR count). The number of fused-ring (bicyclic) bond motifs is 2. The maximum atomic E-state index is 5.45. The van der Waals surface area contributed by atoms with E-state index < -0.39 is 0 Å². The van der Waals surface area contributed by atoms with Crippen LogP contribution in [-0.2, 0) is 19.9 Å². The average molecular weight is 501 g/mol. The molecular formula is C30H40N6O. The summed E-state index contributed by atoms with van der Waals surface area (Å²) in [5, 5.41) is 0. The van der Waals surface area contributed by atoms with Gasteiger partial charge in [-0.25, -0.2) is 9.98 Å². The first-order chi connectivity index (χ1) is 17.6. The van der Waals surface area contributed by atoms with E-state index in [-0.39, 0.29) is 5.41 Å². The van der Waals surface area contributed by atoms with Gasteiger partial charge in [0.1, 0.15) is 11.3 Å². The Morgan fingerprint density at radius 3 is 2.51 bits per heavy atom. The summed E-state index contributed by atoms with van der Waals surface area (Å²) in [5.74, 6) is 2.23. The molecule has 7 nitrogen and oxygen atoms in total. The second-order valence-corrected chi connectivity index (χ2v) is 10.9. The first-order valence-electron chi connectivity index (χ1n) is 13.1. The summed E-state index contributed by atoms with van der Waals surface area (Å²) < 4.78 is 7.41. The number of ether oxygens (including phenoxy) is 1. The number of imidazole rings is 1. The fraction of sp³-hybridized carbons (Fsp3) is 0.467. The van der Waals surface area contributed by atoms with Crippen molar-refractivity contribution in [2.75, 3.05) is 25.1 Å². The number of rotatable bonds is 6. The van der Waals surface area contributed by atoms with E-state index in [4.69, 9.17) is 19.7 Å². The second-order valence-electron chi connectivity index (χ2n) is 10.9. The Labute approximate surface area is 221 Å². The molecule has 0 saturated heterocycles. The van der Waals surface area contributed by atoms with E-state index in [2.05, 4.69) is 75.7 Å². The molecule has 0 radical (unpaired) electrons. The summed E-state index contributed by atoms with van der Waals surface area (Å²) in [6.45, 7) is 14.8. The monoisotopic (exact) mass is 500 g/mol. The molecule has 0 unspecified atom stereocenters. The second kappa shape index (κ2) is 10.9. The number of hydrogen-bond acceptors (Lipinski definition) is 6. The van der Waals surface area contributed by atoms with Crippen LogP contribution in [0.4, 0.5) is 11.8 Å². The van der Waals surface area contributed by atoms with Crippen molar-refractivity contribution in [1.82, 2.24) is 19.5 Å². The van der Waals surface area contributed by atoms with Crippen molar-refractivity contribution in [3.63, 3.8) is 0 Å². The molecule has 1 aliphatic heterocycles. The van der Waals surface area contributed by atoms with Crippen molar-refractivity contribution in [1.29, 1.82) is 0 Å². The van der Waals surface area contributed by atoms with Crippen molar-refractivity contribution < 1.29 is 4.74 Å². The molecule has 0 aliphatic carbocycles. The number of benzene rings is 1. The molecule has 0 saturated carbocycles. The van der Waals surface area contributed by atoms with Crippen LogP contribution in [0.3, 0.4) is 0 Å². The minimum absolute atomic E-state index is 0.0513. The normalized spacial score (nSPS) is 15.7. The lowest BCUT2D eigenvalue weighted by atomic mass is 9.86. The molecule has 3 aromatic rings. The lowest BCUT2D eigenvalue weighted by Crippen LogP contribution is -2.28. The van der Waals surface area contributed by atoms with Crippen molar-refractivity contribution in [2.45, 2.75) is 60.8 Å². The predicted molar refractivity (Wildman–Crippen MR) is 153 cm³/mol. The molecule has 37 heavy (non-hydrogen) atoms. The lowest BCUT2D eigenvalue weighted by molar-refractivity contribution is 0.414. The van der Waals surface area contributed by atoms with Crippen LogP contribution in [0.1, 0.15) is 59.1 Å². The molecule has 0 fully saturated rings. The average Bonchev–Trinajstić information content (AvgIpc) is 3.10. The van der Waals surface area contributed by atoms with Gasteiger partial charge in [-0.1, -0.05) is 45.4 Å². The number of aromatic nitrogens is 4. The summed E-state index contributed by atoms with van der Waals surface area (Å²) in [7, 11) is 3.69. The third kappa shape index (κ3) is 5.92. The van der Waals surface area contributed by atoms with Gasteiger partial charge in [0.05, 0.1) is 19.1 Å². The Morgan fingerprint density at radius 2 is 1.84 bits per heavy atom. The zero-order valence-electron chi connectivity index (χ0n) is 23.6. The summed E-state index contributed by atoms with van der Waals surface area (Å²) in [6, 6.07) is 6.37. The van der Waals surface area contributed by atoms with Gasteiger partial charge >= 0.3 is 0 Å². The third-order valence-corrected chi connectivity index (χ3v) is 7.22. The zero-order valence-corrected chi connectivity index (χ0v) is 23.6. The van der Waals surface area contributed by atoms with E-state index in [1.54, 1.807) is 13.4 Å². The Hall–Kier alpha value is -3.48. The van der Waals surface area contributed by atoms with Gasteiger partial charge in [0.2, 0.25) is 5.95 Å². The van der Waals surface area contributed by atoms with Gasteiger partial charge in [-0.05, 0) is 73.4 Å². The van der Waals surface area contributed by atoms with Crippen molar-refractivity contribution in [3.05, 3.63) is 59.0 Å². The molecule has 0 N–H and O–H groups in total. The molecule has 0 amide bonds. The molecule has 196 valence electrons. The summed E-state index contributed by atoms with van der Waals surface area (Å²) >= 11 is 0. The number of anilines is 1. The standard InChI is InChI=1S/C30H40N6O/c1-9-10-20(2)25(17-21(3)30(4,5)6)32-28-26-27(31-19-35(26)7)33-29(34-28)36-15-13-22-11-12-24(37-8)18-23(22)14-16-36/h10-12,17-19H,9,13-16H2,1-8H3/b20-10?,21-17+,32-25?. The molecule has 0 atom stereocenters. The highest BCUT2D eigenvalue weighted by atomic mass is 16.5. The van der Waals surface area contributed by atoms with Crippen LogP contribution in [0.15, 0.2) is 52.8 Å². The molecule has 0 spiro atoms. The SMILES string of the molecule is CCC=C(C)C(/C=C(\C)C(C)(C)C)=Nc1nc(N2CCc3ccc(OC)cc3CC2)nc2ncn(C)c12. The van der Waals surface area contributed by atoms with E-state index in [1.165, 1.54) is 16.7 Å². The zero-order chi connectivity index (χ0) is 26.7. The number of allylic oxidation sites excluding steroid dienone is 4. The largest absolute Gasteiger partial charge is 0.497 e. The van der Waals surface area contributed by atoms with E-state index in [1.807, 2.05) is 17.7 Å². The molecule has 1 aromatic carbocycles. The molecule has 1 aliphatic rings. The van der Waals surface area contributed by atoms with E-state index >= 15 is 0 Å². The Morgan fingerprint density at radius 1 is 1.11 bits per heavy atom. The highest BCUT2D eigenvalue weighted by molar-refractivity contribution is 6.10. The number of nitrogens with zero attached hydrogens (tertiary/aromatic N) is 6. The fourth-order valence-electron chi connectivity index (χ4n) is 4.45. The Bertz CT molecular complexity index is 1370. The van der Waals surface area contributed by atoms with Crippen molar-refractivity contribution >= 4 is 28.6 Å². The van der Waals surface area contributed by atoms with Gasteiger partial charge in [-0.2, -0.15) is 9.97 Å². The lowest BCUT2D eigenvalue weighted by Gasteiger charge is -2.21. The maximum absolute atomic E-state index is 5.45. The van der Waals surface area contributed by atoms with Gasteiger partial charge in [0, 0.05) is 20.1 Å². The maximum Gasteiger partial charge on any atom is 0.229 e. The van der Waals surface area contributed by atoms with Gasteiger partial charge in [0.25, 0.3) is 0 Å². The van der Waals surface area contributed by atoms with Gasteiger partial charge in [-0.3, -0.25) is 0 Å². The smallest absolute Gasteiger partial charge is 0.229 e. The van der Waals surface area contributed by atoms with Gasteiger partial charge in [0.15, 0.2) is 11.5 Å². The Balaban J connectivity index is 1.78. The number of aliphatic imine (C=N–C) groups is 1. The van der Waals surface area contributed by atoms with Crippen LogP contribution in [0, 0.1) is 5.41 Å². The van der Waals surface area contributed by atoms with Crippen molar-refractivity contribution in [3.8, 4) is 5.75 Å². The van der Waals surface area contributed by atoms with Gasteiger partial charge in [-0.15, -0.1) is 0 Å². The molecule has 3 heterocycles. The van der Waals surface area contributed by atoms with Crippen LogP contribution in [-0.4, -0.2) is 45.4 Å². The minimum Gasteiger partial charge on any atom is -0.497 e. The van der Waals surface area contributed by atoms with Crippen LogP contribution >= 0.6 is 0 Å². The number of aryl methyl sites for hydroxylation is 1. The highest BCUT2D eigenvalue weighted by Crippen LogP contribution is 2.30. The minimum atomic E-state index is 0.0513. The summed E-state index contributed by atoms with van der Waals surface area (Å²) in [5.41, 5.74) is 7.58. The van der Waals surface area contributed by atoms with Crippen LogP contribution in [0.25, 0.3) is 11.2 Å². The highest BCUT2D eigenvalue weighted by Gasteiger charge is 2.21. The van der Waals surface area contributed by atoms with E-state index in [0.717, 1.165) is 54.9 Å². The van der Waals surface area contributed by atoms with Crippen molar-refractivity contribution in [2.24, 2.45) is 17.5 Å². The number of hydrogen-bond donors (Lipinski definition) is 0. The number of methoxy groups -OCH3 is 1. The summed E-state index contributed by atoms with van der Waals surface area (Å²) in [6.07, 6.45) is 8.99. The topological polar surface area (TPSA) is 68.4 Å². The summed E-state index contributed by atoms with van der Waals surface area (Å²) in [4.78, 5) is 21.9. The van der Waals surface area contributed by atoms with Crippen LogP contribution in [0.5, 0.6) is 5.75 Å². The van der Waals surface area contributed by atoms with E-state index in [9.17, 15) is 0 Å². The van der Waals surface area contributed by atoms with Gasteiger partial charge < -0.3 is 14.2 Å². The fourth-order valence-corrected chi connectivity index (χ4v) is 4.45. The van der Waals surface area contributed by atoms with E-state index in [0.29, 0.717) is 17.4 Å². The first kappa shape index (κ1) is 26.6. The third-order valence-electron chi connectivity index (χ3n) is 7.22. The predicted octanol–water partition coefficient (Wildman–Crippen LogP) is 6.40. The molecule has 0 bridgehead atoms. The quantitative estimate of drug-likeness (QED) is 0.366. The van der Waals surface area contributed by atoms with Crippen LogP contribution in [0.2, 0.25) is 0 Å². The molecule has 7 heteroatoms.